The van der Waals surface area contributed by atoms with Crippen LogP contribution in [-0.4, -0.2) is 62.3 Å². The first-order valence-electron chi connectivity index (χ1n) is 14.0. The molecule has 0 spiro atoms. The van der Waals surface area contributed by atoms with Gasteiger partial charge in [-0.25, -0.2) is 0 Å². The number of hydrogen-bond acceptors (Lipinski definition) is 6. The van der Waals surface area contributed by atoms with Crippen LogP contribution in [0.25, 0.3) is 6.08 Å². The minimum Gasteiger partial charge on any atom is -0.497 e. The van der Waals surface area contributed by atoms with Crippen molar-refractivity contribution in [2.45, 2.75) is 62.5 Å². The van der Waals surface area contributed by atoms with Crippen molar-refractivity contribution in [1.29, 1.82) is 0 Å². The lowest BCUT2D eigenvalue weighted by Gasteiger charge is -2.59. The third kappa shape index (κ3) is 5.98. The molecule has 0 unspecified atom stereocenters. The topological polar surface area (TPSA) is 77.1 Å². The number of rotatable bonds is 9. The Balaban J connectivity index is 1.42. The second kappa shape index (κ2) is 11.4. The molecule has 2 saturated carbocycles. The van der Waals surface area contributed by atoms with Crippen molar-refractivity contribution >= 4 is 18.0 Å². The standard InChI is InChI=1S/C32H40N2O5/c1-23(35)39-32-15-14-27(33-30(36)13-12-24-6-4-8-28(18-24)37-2)20-31(32,26-7-5-9-29(19-26)38-3)16-17-34(22-32)21-25-10-11-25/h4-9,12-13,18-19,25,27H,10-11,14-17,20-22H2,1-3H3,(H,33,36)/t27-,31-,32-/m0/s1. The number of esters is 1. The molecule has 1 saturated heterocycles. The zero-order valence-corrected chi connectivity index (χ0v) is 23.3. The Morgan fingerprint density at radius 1 is 1.03 bits per heavy atom. The molecule has 3 atom stereocenters. The minimum absolute atomic E-state index is 0.0441. The lowest BCUT2D eigenvalue weighted by atomic mass is 9.55. The predicted molar refractivity (Wildman–Crippen MR) is 151 cm³/mol. The fourth-order valence-electron chi connectivity index (χ4n) is 6.72. The van der Waals surface area contributed by atoms with Crippen molar-refractivity contribution in [3.8, 4) is 11.5 Å². The first-order chi connectivity index (χ1) is 18.8. The van der Waals surface area contributed by atoms with Gasteiger partial charge in [-0.1, -0.05) is 24.3 Å². The van der Waals surface area contributed by atoms with E-state index in [1.54, 1.807) is 26.4 Å². The molecule has 1 heterocycles. The van der Waals surface area contributed by atoms with Gasteiger partial charge in [-0.3, -0.25) is 14.5 Å². The SMILES string of the molecule is COc1cccc(C=CC(=O)N[C@H]2CC[C@]3(OC(C)=O)CN(CC4CC4)CC[C@@]3(c3cccc(OC)c3)C2)c1. The van der Waals surface area contributed by atoms with Crippen LogP contribution in [0.15, 0.2) is 54.6 Å². The number of ether oxygens (including phenoxy) is 3. The van der Waals surface area contributed by atoms with Crippen LogP contribution in [0, 0.1) is 5.92 Å². The number of methoxy groups -OCH3 is 2. The fourth-order valence-corrected chi connectivity index (χ4v) is 6.72. The summed E-state index contributed by atoms with van der Waals surface area (Å²) in [5, 5.41) is 3.26. The Morgan fingerprint density at radius 3 is 2.49 bits per heavy atom. The number of nitrogens with one attached hydrogen (secondary N) is 1. The summed E-state index contributed by atoms with van der Waals surface area (Å²) in [6.07, 6.45) is 8.95. The van der Waals surface area contributed by atoms with E-state index < -0.39 is 11.0 Å². The van der Waals surface area contributed by atoms with E-state index in [1.807, 2.05) is 36.4 Å². The van der Waals surface area contributed by atoms with Crippen LogP contribution in [0.2, 0.25) is 0 Å². The second-order valence-electron chi connectivity index (χ2n) is 11.4. The number of fused-ring (bicyclic) bond motifs is 1. The van der Waals surface area contributed by atoms with Crippen LogP contribution in [0.3, 0.4) is 0 Å². The van der Waals surface area contributed by atoms with E-state index in [1.165, 1.54) is 19.8 Å². The molecule has 1 N–H and O–H groups in total. The van der Waals surface area contributed by atoms with Gasteiger partial charge in [0.15, 0.2) is 0 Å². The van der Waals surface area contributed by atoms with Crippen LogP contribution in [0.5, 0.6) is 11.5 Å². The summed E-state index contributed by atoms with van der Waals surface area (Å²) >= 11 is 0. The molecule has 208 valence electrons. The largest absolute Gasteiger partial charge is 0.497 e. The van der Waals surface area contributed by atoms with Crippen molar-refractivity contribution in [3.63, 3.8) is 0 Å². The van der Waals surface area contributed by atoms with Crippen LogP contribution in [-0.2, 0) is 19.7 Å². The number of benzene rings is 2. The highest BCUT2D eigenvalue weighted by Gasteiger charge is 2.61. The lowest BCUT2D eigenvalue weighted by Crippen LogP contribution is -2.68. The quantitative estimate of drug-likeness (QED) is 0.371. The Labute approximate surface area is 231 Å². The molecule has 7 nitrogen and oxygen atoms in total. The van der Waals surface area contributed by atoms with Crippen molar-refractivity contribution in [2.75, 3.05) is 33.9 Å². The number of carbonyl (C=O) groups is 2. The maximum atomic E-state index is 13.0. The third-order valence-corrected chi connectivity index (χ3v) is 8.74. The second-order valence-corrected chi connectivity index (χ2v) is 11.4. The summed E-state index contributed by atoms with van der Waals surface area (Å²) in [6.45, 7) is 4.23. The molecule has 1 amide bonds. The molecule has 0 bridgehead atoms. The van der Waals surface area contributed by atoms with Gasteiger partial charge < -0.3 is 19.5 Å². The monoisotopic (exact) mass is 532 g/mol. The zero-order chi connectivity index (χ0) is 27.5. The highest BCUT2D eigenvalue weighted by Crippen LogP contribution is 2.54. The number of amides is 1. The maximum absolute atomic E-state index is 13.0. The average molecular weight is 533 g/mol. The van der Waals surface area contributed by atoms with E-state index in [-0.39, 0.29) is 17.9 Å². The Hall–Kier alpha value is -3.32. The smallest absolute Gasteiger partial charge is 0.303 e. The van der Waals surface area contributed by atoms with Crippen molar-refractivity contribution < 1.29 is 23.8 Å². The van der Waals surface area contributed by atoms with Gasteiger partial charge in [0.25, 0.3) is 0 Å². The Morgan fingerprint density at radius 2 is 1.77 bits per heavy atom. The molecule has 2 aliphatic carbocycles. The summed E-state index contributed by atoms with van der Waals surface area (Å²) in [5.41, 5.74) is 0.925. The summed E-state index contributed by atoms with van der Waals surface area (Å²) in [4.78, 5) is 28.1. The van der Waals surface area contributed by atoms with Crippen LogP contribution in [0.4, 0.5) is 0 Å². The third-order valence-electron chi connectivity index (χ3n) is 8.74. The van der Waals surface area contributed by atoms with E-state index in [2.05, 4.69) is 22.3 Å². The van der Waals surface area contributed by atoms with Gasteiger partial charge in [-0.05, 0) is 92.5 Å². The van der Waals surface area contributed by atoms with Crippen LogP contribution in [0.1, 0.15) is 56.6 Å². The number of likely N-dealkylation sites (tertiary alicyclic amines) is 1. The van der Waals surface area contributed by atoms with Crippen molar-refractivity contribution in [2.24, 2.45) is 5.92 Å². The zero-order valence-electron chi connectivity index (χ0n) is 23.3. The van der Waals surface area contributed by atoms with Gasteiger partial charge in [0, 0.05) is 37.5 Å². The molecule has 2 aromatic rings. The van der Waals surface area contributed by atoms with Crippen molar-refractivity contribution in [3.05, 3.63) is 65.7 Å². The number of piperidine rings is 1. The van der Waals surface area contributed by atoms with Gasteiger partial charge in [0.1, 0.15) is 17.1 Å². The Kier molecular flexibility index (Phi) is 7.98. The molecule has 3 fully saturated rings. The first kappa shape index (κ1) is 27.3. The highest BCUT2D eigenvalue weighted by atomic mass is 16.6. The average Bonchev–Trinajstić information content (AvgIpc) is 3.76. The number of carbonyl (C=O) groups excluding carboxylic acids is 2. The van der Waals surface area contributed by atoms with Gasteiger partial charge in [-0.2, -0.15) is 0 Å². The van der Waals surface area contributed by atoms with E-state index in [4.69, 9.17) is 14.2 Å². The predicted octanol–water partition coefficient (Wildman–Crippen LogP) is 4.74. The normalized spacial score (nSPS) is 27.0. The summed E-state index contributed by atoms with van der Waals surface area (Å²) in [6, 6.07) is 15.7. The van der Waals surface area contributed by atoms with Gasteiger partial charge in [0.2, 0.25) is 5.91 Å². The Bertz CT molecular complexity index is 1220. The number of hydrogen-bond donors (Lipinski definition) is 1. The molecule has 7 heteroatoms. The van der Waals surface area contributed by atoms with E-state index in [0.717, 1.165) is 61.0 Å². The van der Waals surface area contributed by atoms with Crippen LogP contribution < -0.4 is 14.8 Å². The van der Waals surface area contributed by atoms with E-state index >= 15 is 0 Å². The summed E-state index contributed by atoms with van der Waals surface area (Å²) < 4.78 is 17.3. The van der Waals surface area contributed by atoms with Crippen LogP contribution >= 0.6 is 0 Å². The lowest BCUT2D eigenvalue weighted by molar-refractivity contribution is -0.187. The van der Waals surface area contributed by atoms with E-state index in [9.17, 15) is 9.59 Å². The fraction of sp³-hybridized carbons (Fsp3) is 0.500. The first-order valence-corrected chi connectivity index (χ1v) is 14.0. The van der Waals surface area contributed by atoms with E-state index in [0.29, 0.717) is 12.8 Å². The van der Waals surface area contributed by atoms with Crippen molar-refractivity contribution in [1.82, 2.24) is 10.2 Å². The van der Waals surface area contributed by atoms with Gasteiger partial charge >= 0.3 is 5.97 Å². The number of nitrogens with zero attached hydrogens (tertiary/aromatic N) is 1. The molecule has 5 rings (SSSR count). The molecular formula is C32H40N2O5. The maximum Gasteiger partial charge on any atom is 0.303 e. The minimum atomic E-state index is -0.657. The van der Waals surface area contributed by atoms with Gasteiger partial charge in [-0.15, -0.1) is 0 Å². The summed E-state index contributed by atoms with van der Waals surface area (Å²) in [7, 11) is 3.30. The molecule has 2 aromatic carbocycles. The molecule has 0 aromatic heterocycles. The molecule has 1 aliphatic heterocycles. The molecular weight excluding hydrogens is 492 g/mol. The molecule has 3 aliphatic rings. The highest BCUT2D eigenvalue weighted by molar-refractivity contribution is 5.92. The molecule has 39 heavy (non-hydrogen) atoms. The summed E-state index contributed by atoms with van der Waals surface area (Å²) in [5.74, 6) is 1.91. The van der Waals surface area contributed by atoms with Gasteiger partial charge in [0.05, 0.1) is 14.2 Å². The molecule has 0 radical (unpaired) electrons.